The molecule has 0 aliphatic carbocycles. The SMILES string of the molecule is Br.O=P(Cl)(Cc1ccccc1)OCc1ccccc1. The lowest BCUT2D eigenvalue weighted by molar-refractivity contribution is 0.313. The molecule has 0 aliphatic rings. The van der Waals surface area contributed by atoms with Crippen molar-refractivity contribution in [1.29, 1.82) is 0 Å². The Kier molecular flexibility index (Phi) is 6.81. The molecule has 0 spiro atoms. The minimum absolute atomic E-state index is 0. The highest BCUT2D eigenvalue weighted by atomic mass is 79.9. The predicted octanol–water partition coefficient (Wildman–Crippen LogP) is 5.41. The molecule has 0 aromatic heterocycles. The number of halogens is 2. The van der Waals surface area contributed by atoms with Gasteiger partial charge in [-0.2, -0.15) is 0 Å². The molecule has 0 bridgehead atoms. The molecular formula is C14H15BrClO2P. The smallest absolute Gasteiger partial charge is 0.294 e. The molecule has 1 atom stereocenters. The van der Waals surface area contributed by atoms with Crippen LogP contribution >= 0.6 is 34.9 Å². The Labute approximate surface area is 128 Å². The maximum absolute atomic E-state index is 12.1. The van der Waals surface area contributed by atoms with E-state index >= 15 is 0 Å². The predicted molar refractivity (Wildman–Crippen MR) is 85.2 cm³/mol. The average molecular weight is 362 g/mol. The van der Waals surface area contributed by atoms with Crippen LogP contribution in [0, 0.1) is 0 Å². The van der Waals surface area contributed by atoms with Gasteiger partial charge in [-0.3, -0.25) is 4.57 Å². The van der Waals surface area contributed by atoms with Gasteiger partial charge < -0.3 is 4.52 Å². The Morgan fingerprint density at radius 3 is 1.89 bits per heavy atom. The van der Waals surface area contributed by atoms with Crippen molar-refractivity contribution >= 4 is 34.9 Å². The van der Waals surface area contributed by atoms with Crippen LogP contribution in [0.15, 0.2) is 60.7 Å². The van der Waals surface area contributed by atoms with Crippen molar-refractivity contribution in [2.45, 2.75) is 12.8 Å². The van der Waals surface area contributed by atoms with E-state index < -0.39 is 6.72 Å². The van der Waals surface area contributed by atoms with Crippen LogP contribution in [0.4, 0.5) is 0 Å². The van der Waals surface area contributed by atoms with E-state index in [9.17, 15) is 4.57 Å². The van der Waals surface area contributed by atoms with Crippen LogP contribution in [0.25, 0.3) is 0 Å². The van der Waals surface area contributed by atoms with Gasteiger partial charge in [-0.15, -0.1) is 17.0 Å². The molecule has 2 rings (SSSR count). The van der Waals surface area contributed by atoms with E-state index in [1.165, 1.54) is 0 Å². The third-order valence-electron chi connectivity index (χ3n) is 2.48. The van der Waals surface area contributed by atoms with Gasteiger partial charge in [0.05, 0.1) is 12.8 Å². The summed E-state index contributed by atoms with van der Waals surface area (Å²) in [6.07, 6.45) is 0.252. The first-order valence-corrected chi connectivity index (χ1v) is 8.38. The fourth-order valence-corrected chi connectivity index (χ4v) is 3.23. The van der Waals surface area contributed by atoms with Crippen molar-refractivity contribution in [3.05, 3.63) is 71.8 Å². The topological polar surface area (TPSA) is 26.3 Å². The Morgan fingerprint density at radius 2 is 1.37 bits per heavy atom. The highest BCUT2D eigenvalue weighted by Gasteiger charge is 2.20. The number of hydrogen-bond donors (Lipinski definition) is 0. The summed E-state index contributed by atoms with van der Waals surface area (Å²) in [4.78, 5) is 0. The van der Waals surface area contributed by atoms with Crippen molar-refractivity contribution < 1.29 is 9.09 Å². The Hall–Kier alpha value is -0.600. The summed E-state index contributed by atoms with van der Waals surface area (Å²) < 4.78 is 17.4. The Bertz CT molecular complexity index is 534. The monoisotopic (exact) mass is 360 g/mol. The molecule has 1 unspecified atom stereocenters. The van der Waals surface area contributed by atoms with Gasteiger partial charge in [-0.25, -0.2) is 0 Å². The van der Waals surface area contributed by atoms with Gasteiger partial charge in [0.15, 0.2) is 0 Å². The minimum atomic E-state index is -3.11. The van der Waals surface area contributed by atoms with Gasteiger partial charge >= 0.3 is 0 Å². The molecule has 2 nitrogen and oxygen atoms in total. The quantitative estimate of drug-likeness (QED) is 0.665. The van der Waals surface area contributed by atoms with E-state index in [0.29, 0.717) is 0 Å². The zero-order chi connectivity index (χ0) is 12.8. The second-order valence-corrected chi connectivity index (χ2v) is 7.29. The van der Waals surface area contributed by atoms with E-state index in [4.69, 9.17) is 15.8 Å². The van der Waals surface area contributed by atoms with E-state index in [-0.39, 0.29) is 29.8 Å². The second kappa shape index (κ2) is 7.86. The summed E-state index contributed by atoms with van der Waals surface area (Å²) in [5, 5.41) is 0. The van der Waals surface area contributed by atoms with Crippen molar-refractivity contribution in [2.75, 3.05) is 0 Å². The fraction of sp³-hybridized carbons (Fsp3) is 0.143. The summed E-state index contributed by atoms with van der Waals surface area (Å²) in [7, 11) is 0. The maximum Gasteiger partial charge on any atom is 0.294 e. The molecule has 0 saturated heterocycles. The lowest BCUT2D eigenvalue weighted by Crippen LogP contribution is -1.91. The van der Waals surface area contributed by atoms with Crippen LogP contribution in [0.5, 0.6) is 0 Å². The summed E-state index contributed by atoms with van der Waals surface area (Å²) in [5.74, 6) is 0. The molecule has 0 heterocycles. The lowest BCUT2D eigenvalue weighted by Gasteiger charge is -2.11. The van der Waals surface area contributed by atoms with Crippen LogP contribution in [-0.4, -0.2) is 0 Å². The van der Waals surface area contributed by atoms with Crippen molar-refractivity contribution in [2.24, 2.45) is 0 Å². The van der Waals surface area contributed by atoms with Crippen molar-refractivity contribution in [3.63, 3.8) is 0 Å². The molecule has 2 aromatic rings. The fourth-order valence-electron chi connectivity index (χ4n) is 1.59. The molecule has 0 radical (unpaired) electrons. The van der Waals surface area contributed by atoms with Crippen molar-refractivity contribution in [3.8, 4) is 0 Å². The van der Waals surface area contributed by atoms with E-state index in [1.807, 2.05) is 60.7 Å². The first-order valence-electron chi connectivity index (χ1n) is 5.67. The lowest BCUT2D eigenvalue weighted by atomic mass is 10.2. The van der Waals surface area contributed by atoms with E-state index in [1.54, 1.807) is 0 Å². The van der Waals surface area contributed by atoms with Crippen LogP contribution in [0.2, 0.25) is 0 Å². The van der Waals surface area contributed by atoms with E-state index in [2.05, 4.69) is 0 Å². The van der Waals surface area contributed by atoms with Gasteiger partial charge in [-0.1, -0.05) is 60.7 Å². The standard InChI is InChI=1S/C14H14ClO2P.BrH/c15-18(16,12-14-9-5-2-6-10-14)17-11-13-7-3-1-4-8-13;/h1-10H,11-12H2;1H. The van der Waals surface area contributed by atoms with E-state index in [0.717, 1.165) is 11.1 Å². The summed E-state index contributed by atoms with van der Waals surface area (Å²) >= 11 is 5.95. The highest BCUT2D eigenvalue weighted by molar-refractivity contribution is 8.93. The third-order valence-corrected chi connectivity index (χ3v) is 4.39. The first kappa shape index (κ1) is 16.5. The van der Waals surface area contributed by atoms with Crippen LogP contribution in [0.3, 0.4) is 0 Å². The molecule has 0 fully saturated rings. The summed E-state index contributed by atoms with van der Waals surface area (Å²) in [6.45, 7) is -2.84. The Balaban J connectivity index is 0.00000180. The molecule has 0 aliphatic heterocycles. The minimum Gasteiger partial charge on any atom is -0.312 e. The molecule has 0 N–H and O–H groups in total. The van der Waals surface area contributed by atoms with Crippen LogP contribution < -0.4 is 0 Å². The highest BCUT2D eigenvalue weighted by Crippen LogP contribution is 2.55. The van der Waals surface area contributed by atoms with Crippen LogP contribution in [0.1, 0.15) is 11.1 Å². The van der Waals surface area contributed by atoms with Gasteiger partial charge in [0, 0.05) is 0 Å². The van der Waals surface area contributed by atoms with Gasteiger partial charge in [-0.05, 0) is 22.4 Å². The van der Waals surface area contributed by atoms with Gasteiger partial charge in [0.2, 0.25) is 0 Å². The Morgan fingerprint density at radius 1 is 0.895 bits per heavy atom. The number of rotatable bonds is 5. The average Bonchev–Trinajstić information content (AvgIpc) is 2.38. The summed E-state index contributed by atoms with van der Waals surface area (Å²) in [6, 6.07) is 19.1. The molecule has 19 heavy (non-hydrogen) atoms. The molecular weight excluding hydrogens is 346 g/mol. The molecule has 102 valence electrons. The van der Waals surface area contributed by atoms with Gasteiger partial charge in [0.25, 0.3) is 6.72 Å². The first-order chi connectivity index (χ1) is 8.66. The molecule has 0 saturated carbocycles. The number of benzene rings is 2. The maximum atomic E-state index is 12.1. The van der Waals surface area contributed by atoms with Crippen LogP contribution in [-0.2, 0) is 21.9 Å². The normalized spacial score (nSPS) is 13.3. The molecule has 2 aromatic carbocycles. The zero-order valence-electron chi connectivity index (χ0n) is 10.2. The molecule has 5 heteroatoms. The summed E-state index contributed by atoms with van der Waals surface area (Å²) in [5.41, 5.74) is 1.88. The van der Waals surface area contributed by atoms with Crippen molar-refractivity contribution in [1.82, 2.24) is 0 Å². The molecule has 0 amide bonds. The largest absolute Gasteiger partial charge is 0.312 e. The third kappa shape index (κ3) is 5.92. The number of hydrogen-bond acceptors (Lipinski definition) is 2. The zero-order valence-corrected chi connectivity index (χ0v) is 13.6. The second-order valence-electron chi connectivity index (χ2n) is 3.99. The van der Waals surface area contributed by atoms with Gasteiger partial charge in [0.1, 0.15) is 0 Å².